The van der Waals surface area contributed by atoms with Gasteiger partial charge in [-0.15, -0.1) is 0 Å². The second-order valence-electron chi connectivity index (χ2n) is 39.1. The lowest BCUT2D eigenvalue weighted by molar-refractivity contribution is -0.137. The highest BCUT2D eigenvalue weighted by molar-refractivity contribution is 5.95. The van der Waals surface area contributed by atoms with Crippen LogP contribution >= 0.6 is 0 Å². The molecule has 0 aliphatic carbocycles. The Bertz CT molecular complexity index is 6020. The monoisotopic (exact) mass is 1890 g/mol. The van der Waals surface area contributed by atoms with E-state index in [0.717, 1.165) is 88.5 Å². The molecule has 0 unspecified atom stereocenters. The molecule has 22 heteroatoms. The van der Waals surface area contributed by atoms with Gasteiger partial charge in [0.15, 0.2) is 0 Å². The molecule has 139 heavy (non-hydrogen) atoms. The summed E-state index contributed by atoms with van der Waals surface area (Å²) in [6.45, 7) is 32.9. The highest BCUT2D eigenvalue weighted by atomic mass is 19.4. The summed E-state index contributed by atoms with van der Waals surface area (Å²) in [4.78, 5) is 80.4. The van der Waals surface area contributed by atoms with Crippen LogP contribution in [0.4, 0.5) is 53.0 Å². The van der Waals surface area contributed by atoms with Gasteiger partial charge in [-0.3, -0.25) is 38.7 Å². The lowest BCUT2D eigenvalue weighted by Crippen LogP contribution is -2.13. The number of carbonyl (C=O) groups is 6. The van der Waals surface area contributed by atoms with Crippen LogP contribution in [0.3, 0.4) is 0 Å². The molecule has 13 rings (SSSR count). The average molecular weight is 1890 g/mol. The van der Waals surface area contributed by atoms with Gasteiger partial charge in [-0.2, -0.15) is 13.2 Å². The Morgan fingerprint density at radius 3 is 0.885 bits per heavy atom. The van der Waals surface area contributed by atoms with Gasteiger partial charge in [-0.25, -0.2) is 0 Å². The van der Waals surface area contributed by atoms with Crippen molar-refractivity contribution in [2.75, 3.05) is 66.1 Å². The Balaban J connectivity index is 0.000000205. The predicted octanol–water partition coefficient (Wildman–Crippen LogP) is 26.6. The first-order chi connectivity index (χ1) is 65.8. The topological polar surface area (TPSA) is 263 Å². The van der Waals surface area contributed by atoms with Gasteiger partial charge in [-0.05, 0) is 224 Å². The third-order valence-corrected chi connectivity index (χ3v) is 22.6. The number of amides is 6. The SMILES string of the molecule is CC(C)(C)c1ccc(CCC(=O)Nc2cccc(N)c2)cc1.CC(C)(C)c1ccc(CCC(=O)Nc2cccnc2)cc1.COc1cc(NC(=O)CCc2ccc(C(C)(C)C)cc2)cc(OC)c1.COc1ccc(NC(=O)CCc2ccc(C(C)(C)C)cc2)cc1.COc1cccc(NC(=O)CCc2ccc(C(C)(C)C)cc2)c1.O=C(CCc1ccc(C(F)(F)F)cc1)Nc1ccc2cccnc2c1. The first-order valence-electron chi connectivity index (χ1n) is 46.8. The first kappa shape index (κ1) is 110. The number of halogens is 3. The molecule has 0 saturated carbocycles. The van der Waals surface area contributed by atoms with Crippen LogP contribution in [-0.2, 0) is 101 Å². The van der Waals surface area contributed by atoms with Crippen LogP contribution in [0.25, 0.3) is 10.9 Å². The Labute approximate surface area is 819 Å². The second kappa shape index (κ2) is 52.8. The van der Waals surface area contributed by atoms with Gasteiger partial charge in [0.2, 0.25) is 35.4 Å². The highest BCUT2D eigenvalue weighted by Gasteiger charge is 2.30. The number of nitrogens with zero attached hydrogens (tertiary/aromatic N) is 2. The summed E-state index contributed by atoms with van der Waals surface area (Å²) in [6.07, 6.45) is 7.19. The van der Waals surface area contributed by atoms with Gasteiger partial charge in [0, 0.05) is 115 Å². The van der Waals surface area contributed by atoms with E-state index in [4.69, 9.17) is 24.7 Å². The summed E-state index contributed by atoms with van der Waals surface area (Å²) in [5.74, 6) is 2.63. The summed E-state index contributed by atoms with van der Waals surface area (Å²) in [7, 11) is 6.41. The zero-order valence-electron chi connectivity index (χ0n) is 84.0. The first-order valence-corrected chi connectivity index (χ1v) is 46.8. The van der Waals surface area contributed by atoms with Crippen molar-refractivity contribution < 1.29 is 60.9 Å². The van der Waals surface area contributed by atoms with Crippen molar-refractivity contribution in [3.63, 3.8) is 0 Å². The van der Waals surface area contributed by atoms with E-state index in [9.17, 15) is 41.9 Å². The third kappa shape index (κ3) is 40.1. The van der Waals surface area contributed by atoms with Crippen LogP contribution in [0.2, 0.25) is 0 Å². The number of nitrogen functional groups attached to an aromatic ring is 1. The Morgan fingerprint density at radius 2 is 0.561 bits per heavy atom. The summed E-state index contributed by atoms with van der Waals surface area (Å²) in [6, 6.07) is 87.5. The number of alkyl halides is 3. The zero-order valence-corrected chi connectivity index (χ0v) is 84.0. The van der Waals surface area contributed by atoms with E-state index in [1.54, 1.807) is 95.6 Å². The maximum atomic E-state index is 12.5. The molecule has 0 aliphatic heterocycles. The molecule has 0 radical (unpaired) electrons. The van der Waals surface area contributed by atoms with Gasteiger partial charge in [0.05, 0.1) is 51.4 Å². The van der Waals surface area contributed by atoms with Crippen molar-refractivity contribution >= 4 is 86.2 Å². The van der Waals surface area contributed by atoms with Crippen molar-refractivity contribution in [3.05, 3.63) is 364 Å². The predicted molar refractivity (Wildman–Crippen MR) is 561 cm³/mol. The molecule has 8 N–H and O–H groups in total. The van der Waals surface area contributed by atoms with Crippen LogP contribution in [0.15, 0.2) is 298 Å². The van der Waals surface area contributed by atoms with E-state index in [1.807, 2.05) is 84.9 Å². The maximum absolute atomic E-state index is 12.5. The number of aryl methyl sites for hydroxylation is 6. The largest absolute Gasteiger partial charge is 0.497 e. The lowest BCUT2D eigenvalue weighted by atomic mass is 9.86. The standard InChI is InChI=1S/C21H27NO3.2C20H25NO2.C19H15F3N2O.C19H24N2O.C18H22N2O/c1-21(2,3)16-9-6-15(7-10-16)8-11-20(23)22-17-12-18(24-4)14-19(13-17)25-5;1-20(2,3)16-8-5-15(6-9-16)7-14-19(22)21-17-10-12-18(23-4)13-11-17;1-20(2,3)16-11-8-15(9-12-16)10-13-19(22)21-17-6-5-7-18(14-17)23-4;20-19(21,22)15-7-3-13(4-8-15)5-10-18(25)24-16-9-6-14-2-1-11-23-17(14)12-16;1-19(2,3)15-10-7-14(8-11-15)9-12-18(22)21-17-6-4-5-16(20)13-17;1-18(2,3)15-9-6-14(7-10-15)8-11-17(21)20-16-5-4-12-19-13-16/h6-7,9-10,12-14H,8,11H2,1-5H3,(H,22,23);5-6,8-13H,7,14H2,1-4H3,(H,21,22);5-9,11-12,14H,10,13H2,1-4H3,(H,21,22);1-4,6-9,11-12H,5,10H2,(H,24,25);4-8,10-11,13H,9,12,20H2,1-3H3,(H,21,22);4-7,9-10,12-13H,8,11H2,1-3H3,(H,20,21). The molecule has 11 aromatic carbocycles. The average Bonchev–Trinajstić information content (AvgIpc) is 0.983. The molecule has 0 spiro atoms. The normalized spacial score (nSPS) is 11.2. The van der Waals surface area contributed by atoms with E-state index < -0.39 is 11.7 Å². The molecule has 0 atom stereocenters. The van der Waals surface area contributed by atoms with Crippen LogP contribution in [0.5, 0.6) is 23.0 Å². The maximum Gasteiger partial charge on any atom is 0.416 e. The molecular weight excluding hydrogens is 1750 g/mol. The van der Waals surface area contributed by atoms with E-state index in [2.05, 4.69) is 267 Å². The summed E-state index contributed by atoms with van der Waals surface area (Å²) >= 11 is 0. The summed E-state index contributed by atoms with van der Waals surface area (Å²) in [5.41, 5.74) is 24.7. The number of aromatic nitrogens is 2. The fourth-order valence-corrected chi connectivity index (χ4v) is 14.1. The molecule has 0 fully saturated rings. The number of benzene rings is 11. The van der Waals surface area contributed by atoms with Gasteiger partial charge < -0.3 is 56.6 Å². The Morgan fingerprint density at radius 1 is 0.273 bits per heavy atom. The molecule has 6 amide bonds. The minimum atomic E-state index is -4.35. The van der Waals surface area contributed by atoms with Crippen molar-refractivity contribution in [1.29, 1.82) is 0 Å². The number of anilines is 7. The summed E-state index contributed by atoms with van der Waals surface area (Å²) < 4.78 is 58.2. The number of ether oxygens (including phenoxy) is 4. The molecular formula is C117H138F3N9O10. The third-order valence-electron chi connectivity index (χ3n) is 22.6. The van der Waals surface area contributed by atoms with Gasteiger partial charge in [-0.1, -0.05) is 262 Å². The van der Waals surface area contributed by atoms with E-state index in [0.29, 0.717) is 79.1 Å². The number of hydrogen-bond acceptors (Lipinski definition) is 13. The number of nitrogens with two attached hydrogens (primary N) is 1. The summed E-state index contributed by atoms with van der Waals surface area (Å²) in [5, 5.41) is 18.2. The van der Waals surface area contributed by atoms with E-state index >= 15 is 0 Å². The van der Waals surface area contributed by atoms with Crippen LogP contribution < -0.4 is 56.6 Å². The fourth-order valence-electron chi connectivity index (χ4n) is 14.1. The van der Waals surface area contributed by atoms with Crippen LogP contribution in [-0.4, -0.2) is 73.9 Å². The minimum absolute atomic E-state index is 0.00509. The molecule has 0 aliphatic rings. The van der Waals surface area contributed by atoms with Crippen LogP contribution in [0, 0.1) is 0 Å². The number of carbonyl (C=O) groups excluding carboxylic acids is 6. The van der Waals surface area contributed by atoms with E-state index in [1.165, 1.54) is 62.2 Å². The number of fused-ring (bicyclic) bond motifs is 1. The molecule has 0 bridgehead atoms. The van der Waals surface area contributed by atoms with Crippen molar-refractivity contribution in [1.82, 2.24) is 9.97 Å². The molecule has 2 aromatic heterocycles. The highest BCUT2D eigenvalue weighted by Crippen LogP contribution is 2.33. The van der Waals surface area contributed by atoms with Crippen molar-refractivity contribution in [2.45, 2.75) is 214 Å². The van der Waals surface area contributed by atoms with Crippen LogP contribution in [0.1, 0.15) is 209 Å². The van der Waals surface area contributed by atoms with E-state index in [-0.39, 0.29) is 68.9 Å². The lowest BCUT2D eigenvalue weighted by Gasteiger charge is -2.19. The Kier molecular flexibility index (Phi) is 41.7. The number of nitrogens with one attached hydrogen (secondary N) is 6. The molecule has 19 nitrogen and oxygen atoms in total. The van der Waals surface area contributed by atoms with Gasteiger partial charge >= 0.3 is 6.18 Å². The molecule has 2 heterocycles. The molecule has 732 valence electrons. The number of pyridine rings is 2. The van der Waals surface area contributed by atoms with Crippen molar-refractivity contribution in [3.8, 4) is 23.0 Å². The minimum Gasteiger partial charge on any atom is -0.497 e. The Hall–Kier alpha value is -14.4. The fraction of sp³-hybridized carbons (Fsp3) is 0.316. The smallest absolute Gasteiger partial charge is 0.416 e. The second-order valence-corrected chi connectivity index (χ2v) is 39.1. The molecule has 13 aromatic rings. The molecule has 0 saturated heterocycles. The number of hydrogen-bond donors (Lipinski definition) is 7. The van der Waals surface area contributed by atoms with Gasteiger partial charge in [0.25, 0.3) is 0 Å². The van der Waals surface area contributed by atoms with Crippen molar-refractivity contribution in [2.24, 2.45) is 0 Å². The van der Waals surface area contributed by atoms with Gasteiger partial charge in [0.1, 0.15) is 23.0 Å². The number of methoxy groups -OCH3 is 4. The quantitative estimate of drug-likeness (QED) is 0.0225. The number of rotatable bonds is 28. The zero-order chi connectivity index (χ0) is 102.